The summed E-state index contributed by atoms with van der Waals surface area (Å²) in [5.41, 5.74) is 9.17. The van der Waals surface area contributed by atoms with Gasteiger partial charge in [0.2, 0.25) is 0 Å². The van der Waals surface area contributed by atoms with Crippen molar-refractivity contribution in [3.63, 3.8) is 0 Å². The van der Waals surface area contributed by atoms with Gasteiger partial charge in [-0.3, -0.25) is 9.97 Å². The molecule has 2 aliphatic heterocycles. The molecule has 2 unspecified atom stereocenters. The zero-order valence-corrected chi connectivity index (χ0v) is 27.8. The third kappa shape index (κ3) is 5.34. The third-order valence-electron chi connectivity index (χ3n) is 10.6. The normalized spacial score (nSPS) is 24.0. The molecule has 3 aromatic carbocycles. The van der Waals surface area contributed by atoms with Crippen LogP contribution in [0, 0.1) is 0 Å². The van der Waals surface area contributed by atoms with Gasteiger partial charge in [-0.2, -0.15) is 0 Å². The van der Waals surface area contributed by atoms with E-state index < -0.39 is 25.4 Å². The van der Waals surface area contributed by atoms with Gasteiger partial charge in [-0.05, 0) is 127 Å². The molecule has 5 aromatic rings. The molecule has 0 bridgehead atoms. The van der Waals surface area contributed by atoms with Crippen LogP contribution in [-0.4, -0.2) is 46.6 Å². The van der Waals surface area contributed by atoms with Crippen molar-refractivity contribution in [1.82, 2.24) is 9.97 Å². The Hall–Kier alpha value is -4.07. The number of hydrogen-bond acceptors (Lipinski definition) is 6. The number of rotatable bonds is 6. The molecule has 1 aliphatic carbocycles. The molecule has 6 nitrogen and oxygen atoms in total. The van der Waals surface area contributed by atoms with Crippen molar-refractivity contribution < 1.29 is 18.6 Å². The summed E-state index contributed by atoms with van der Waals surface area (Å²) in [6.07, 6.45) is 8.31. The van der Waals surface area contributed by atoms with Gasteiger partial charge < -0.3 is 18.6 Å². The summed E-state index contributed by atoms with van der Waals surface area (Å²) >= 11 is 0. The summed E-state index contributed by atoms with van der Waals surface area (Å²) in [6.45, 7) is 12.6. The highest BCUT2D eigenvalue weighted by atomic mass is 16.7. The van der Waals surface area contributed by atoms with Crippen molar-refractivity contribution in [2.75, 3.05) is 0 Å². The molecular formula is C39H38B2N2O4. The number of nitrogens with zero attached hydrogens (tertiary/aromatic N) is 2. The maximum atomic E-state index is 6.50. The van der Waals surface area contributed by atoms with E-state index in [-0.39, 0.29) is 11.2 Å². The minimum atomic E-state index is -0.487. The molecule has 0 spiro atoms. The first-order valence-corrected chi connectivity index (χ1v) is 16.4. The zero-order chi connectivity index (χ0) is 32.6. The summed E-state index contributed by atoms with van der Waals surface area (Å²) in [5.74, 6) is 0. The van der Waals surface area contributed by atoms with Crippen molar-refractivity contribution in [2.45, 2.75) is 70.4 Å². The molecule has 8 heteroatoms. The number of aromatic nitrogens is 2. The number of fused-ring (bicyclic) bond motifs is 1. The maximum absolute atomic E-state index is 6.50. The molecule has 8 rings (SSSR count). The van der Waals surface area contributed by atoms with E-state index in [2.05, 4.69) is 124 Å². The van der Waals surface area contributed by atoms with Crippen LogP contribution in [0.25, 0.3) is 44.5 Å². The average Bonchev–Trinajstić information content (AvgIpc) is 3.37. The van der Waals surface area contributed by atoms with Gasteiger partial charge in [0.05, 0.1) is 22.4 Å². The molecule has 2 saturated heterocycles. The molecule has 47 heavy (non-hydrogen) atoms. The first-order chi connectivity index (χ1) is 22.4. The number of pyridine rings is 2. The van der Waals surface area contributed by atoms with E-state index >= 15 is 0 Å². The van der Waals surface area contributed by atoms with Crippen LogP contribution in [-0.2, 0) is 18.6 Å². The quantitative estimate of drug-likeness (QED) is 0.189. The van der Waals surface area contributed by atoms with Crippen LogP contribution in [0.3, 0.4) is 0 Å². The van der Waals surface area contributed by atoms with Gasteiger partial charge in [0.1, 0.15) is 0 Å². The summed E-state index contributed by atoms with van der Waals surface area (Å²) in [7, 11) is -0.908. The molecule has 0 radical (unpaired) electrons. The van der Waals surface area contributed by atoms with Crippen molar-refractivity contribution in [2.24, 2.45) is 0 Å². The Bertz CT molecular complexity index is 1950. The van der Waals surface area contributed by atoms with Crippen LogP contribution in [0.15, 0.2) is 110 Å². The molecule has 4 heterocycles. The lowest BCUT2D eigenvalue weighted by molar-refractivity contribution is 0.00578. The van der Waals surface area contributed by atoms with Crippen molar-refractivity contribution >= 4 is 25.2 Å². The second kappa shape index (κ2) is 10.7. The van der Waals surface area contributed by atoms with Crippen molar-refractivity contribution in [1.29, 1.82) is 0 Å². The molecule has 2 aromatic heterocycles. The Labute approximate surface area is 277 Å². The second-order valence-corrected chi connectivity index (χ2v) is 14.5. The van der Waals surface area contributed by atoms with E-state index in [1.54, 1.807) is 12.4 Å². The Morgan fingerprint density at radius 2 is 0.851 bits per heavy atom. The maximum Gasteiger partial charge on any atom is 0.494 e. The largest absolute Gasteiger partial charge is 0.494 e. The minimum absolute atomic E-state index is 0.240. The number of hydrogen-bond donors (Lipinski definition) is 0. The van der Waals surface area contributed by atoms with Crippen molar-refractivity contribution in [3.05, 3.63) is 110 Å². The summed E-state index contributed by atoms with van der Waals surface area (Å²) in [5, 5.41) is 0. The third-order valence-corrected chi connectivity index (χ3v) is 10.6. The van der Waals surface area contributed by atoms with Crippen LogP contribution >= 0.6 is 0 Å². The van der Waals surface area contributed by atoms with E-state index in [4.69, 9.17) is 18.6 Å². The predicted octanol–water partition coefficient (Wildman–Crippen LogP) is 7.11. The lowest BCUT2D eigenvalue weighted by Crippen LogP contribution is -2.41. The summed E-state index contributed by atoms with van der Waals surface area (Å²) in [6, 6.07) is 29.9. The fourth-order valence-corrected chi connectivity index (χ4v) is 6.73. The van der Waals surface area contributed by atoms with Crippen LogP contribution in [0.5, 0.6) is 0 Å². The molecule has 0 amide bonds. The van der Waals surface area contributed by atoms with Crippen LogP contribution in [0.2, 0.25) is 0 Å². The Kier molecular flexibility index (Phi) is 6.91. The molecule has 3 fully saturated rings. The Morgan fingerprint density at radius 3 is 1.28 bits per heavy atom. The SMILES string of the molecule is CC1(C)OB(c2cc(-c3cccnc3)cc(-c3cccc(-c4cc(B5OC6(C)CC6(C)O5)cc(-c5cccnc5)c4)c3)c2)OC1(C)C. The van der Waals surface area contributed by atoms with E-state index in [1.165, 1.54) is 0 Å². The Morgan fingerprint density at radius 1 is 0.468 bits per heavy atom. The fraction of sp³-hybridized carbons (Fsp3) is 0.282. The van der Waals surface area contributed by atoms with E-state index in [0.717, 1.165) is 61.9 Å². The zero-order valence-electron chi connectivity index (χ0n) is 27.8. The smallest absolute Gasteiger partial charge is 0.399 e. The number of benzene rings is 3. The monoisotopic (exact) mass is 620 g/mol. The van der Waals surface area contributed by atoms with Gasteiger partial charge in [-0.1, -0.05) is 54.6 Å². The highest BCUT2D eigenvalue weighted by molar-refractivity contribution is 6.63. The van der Waals surface area contributed by atoms with Gasteiger partial charge in [-0.25, -0.2) is 0 Å². The fourth-order valence-electron chi connectivity index (χ4n) is 6.73. The first-order valence-electron chi connectivity index (χ1n) is 16.4. The highest BCUT2D eigenvalue weighted by Gasteiger charge is 2.71. The van der Waals surface area contributed by atoms with Crippen molar-refractivity contribution in [3.8, 4) is 44.5 Å². The molecule has 234 valence electrons. The predicted molar refractivity (Wildman–Crippen MR) is 188 cm³/mol. The second-order valence-electron chi connectivity index (χ2n) is 14.5. The molecular weight excluding hydrogens is 582 g/mol. The first kappa shape index (κ1) is 30.3. The molecule has 3 aliphatic rings. The van der Waals surface area contributed by atoms with Gasteiger partial charge in [0.25, 0.3) is 0 Å². The topological polar surface area (TPSA) is 62.7 Å². The van der Waals surface area contributed by atoms with E-state index in [1.807, 2.05) is 24.5 Å². The van der Waals surface area contributed by atoms with Crippen LogP contribution in [0.4, 0.5) is 0 Å². The molecule has 0 N–H and O–H groups in total. The van der Waals surface area contributed by atoms with Gasteiger partial charge in [-0.15, -0.1) is 0 Å². The summed E-state index contributed by atoms with van der Waals surface area (Å²) in [4.78, 5) is 8.78. The van der Waals surface area contributed by atoms with E-state index in [9.17, 15) is 0 Å². The van der Waals surface area contributed by atoms with Crippen LogP contribution < -0.4 is 10.9 Å². The summed E-state index contributed by atoms with van der Waals surface area (Å²) < 4.78 is 25.9. The highest BCUT2D eigenvalue weighted by Crippen LogP contribution is 2.58. The Balaban J connectivity index is 1.22. The van der Waals surface area contributed by atoms with Crippen LogP contribution in [0.1, 0.15) is 48.0 Å². The van der Waals surface area contributed by atoms with Gasteiger partial charge >= 0.3 is 14.2 Å². The average molecular weight is 620 g/mol. The lowest BCUT2D eigenvalue weighted by Gasteiger charge is -2.32. The van der Waals surface area contributed by atoms with Gasteiger partial charge in [0.15, 0.2) is 0 Å². The molecule has 2 atom stereocenters. The standard InChI is InChI=1S/C39H38B2N2O4/c1-36(2)37(3,4)45-40(44-36)34-19-30(17-32(21-34)28-12-8-14-42-23-28)26-10-7-11-27(16-26)31-18-33(29-13-9-15-43-24-29)22-35(20-31)41-46-38(5)25-39(38,6)47-41/h7-24H,25H2,1-6H3. The lowest BCUT2D eigenvalue weighted by atomic mass is 9.75. The minimum Gasteiger partial charge on any atom is -0.399 e. The molecule has 1 saturated carbocycles. The van der Waals surface area contributed by atoms with E-state index in [0.29, 0.717) is 0 Å². The van der Waals surface area contributed by atoms with Gasteiger partial charge in [0, 0.05) is 31.2 Å².